The lowest BCUT2D eigenvalue weighted by Crippen LogP contribution is -2.14. The number of anilines is 2. The number of nitrogens with two attached hydrogens (primary N) is 1. The number of hydrogen-bond acceptors (Lipinski definition) is 7. The van der Waals surface area contributed by atoms with Gasteiger partial charge in [0.1, 0.15) is 5.75 Å². The van der Waals surface area contributed by atoms with E-state index in [9.17, 15) is 4.79 Å². The van der Waals surface area contributed by atoms with Crippen molar-refractivity contribution >= 4 is 29.3 Å². The lowest BCUT2D eigenvalue weighted by atomic mass is 9.86. The molecule has 1 atom stereocenters. The Bertz CT molecular complexity index is 1140. The van der Waals surface area contributed by atoms with Crippen molar-refractivity contribution in [3.05, 3.63) is 82.9 Å². The van der Waals surface area contributed by atoms with Crippen molar-refractivity contribution < 1.29 is 14.3 Å². The van der Waals surface area contributed by atoms with Gasteiger partial charge in [0.15, 0.2) is 0 Å². The number of hydrogen-bond donors (Lipinski definition) is 2. The van der Waals surface area contributed by atoms with E-state index in [1.165, 1.54) is 16.0 Å². The molecule has 1 unspecified atom stereocenters. The number of esters is 1. The summed E-state index contributed by atoms with van der Waals surface area (Å²) in [6.07, 6.45) is 0.215. The van der Waals surface area contributed by atoms with E-state index in [2.05, 4.69) is 53.9 Å². The normalized spacial score (nSPS) is 11.8. The molecule has 0 aliphatic rings. The van der Waals surface area contributed by atoms with Crippen LogP contribution in [-0.2, 0) is 16.1 Å². The molecule has 0 aliphatic carbocycles. The van der Waals surface area contributed by atoms with Crippen LogP contribution in [0.2, 0.25) is 0 Å². The largest absolute Gasteiger partial charge is 0.494 e. The van der Waals surface area contributed by atoms with Gasteiger partial charge in [0.25, 0.3) is 0 Å². The summed E-state index contributed by atoms with van der Waals surface area (Å²) in [6.45, 7) is 5.04. The Hall–Kier alpha value is -3.16. The third kappa shape index (κ3) is 6.93. The van der Waals surface area contributed by atoms with Crippen LogP contribution in [-0.4, -0.2) is 38.1 Å². The van der Waals surface area contributed by atoms with Gasteiger partial charge in [0, 0.05) is 24.4 Å². The van der Waals surface area contributed by atoms with Gasteiger partial charge in [-0.05, 0) is 79.4 Å². The molecule has 0 bridgehead atoms. The smallest absolute Gasteiger partial charge is 0.306 e. The fourth-order valence-electron chi connectivity index (χ4n) is 4.12. The summed E-state index contributed by atoms with van der Waals surface area (Å²) >= 11 is 1.71. The fraction of sp³-hybridized carbons (Fsp3) is 0.321. The zero-order chi connectivity index (χ0) is 25.4. The second-order valence-corrected chi connectivity index (χ2v) is 9.65. The predicted octanol–water partition coefficient (Wildman–Crippen LogP) is 5.85. The molecule has 3 N–H and O–H groups in total. The Morgan fingerprint density at radius 1 is 1.11 bits per heavy atom. The molecule has 3 aromatic carbocycles. The van der Waals surface area contributed by atoms with Crippen LogP contribution in [0.5, 0.6) is 5.75 Å². The second-order valence-electron chi connectivity index (χ2n) is 8.38. The minimum Gasteiger partial charge on any atom is -0.494 e. The van der Waals surface area contributed by atoms with E-state index in [1.807, 2.05) is 37.3 Å². The number of rotatable bonds is 11. The van der Waals surface area contributed by atoms with Crippen molar-refractivity contribution in [2.24, 2.45) is 0 Å². The topological polar surface area (TPSA) is 76.8 Å². The maximum Gasteiger partial charge on any atom is 0.306 e. The number of nitrogen functional groups attached to an aromatic ring is 1. The Morgan fingerprint density at radius 2 is 1.86 bits per heavy atom. The molecule has 0 radical (unpaired) electrons. The molecule has 3 aromatic rings. The van der Waals surface area contributed by atoms with Crippen molar-refractivity contribution in [3.63, 3.8) is 0 Å². The van der Waals surface area contributed by atoms with Crippen molar-refractivity contribution in [3.8, 4) is 5.75 Å². The van der Waals surface area contributed by atoms with E-state index < -0.39 is 0 Å². The van der Waals surface area contributed by atoms with Crippen LogP contribution < -0.4 is 15.8 Å². The maximum absolute atomic E-state index is 12.6. The molecule has 0 heterocycles. The highest BCUT2D eigenvalue weighted by molar-refractivity contribution is 7.97. The molecule has 0 saturated heterocycles. The maximum atomic E-state index is 12.6. The lowest BCUT2D eigenvalue weighted by Gasteiger charge is -2.23. The van der Waals surface area contributed by atoms with E-state index in [1.54, 1.807) is 26.1 Å². The van der Waals surface area contributed by atoms with Crippen molar-refractivity contribution in [2.75, 3.05) is 38.9 Å². The van der Waals surface area contributed by atoms with Gasteiger partial charge in [0.2, 0.25) is 0 Å². The first-order valence-electron chi connectivity index (χ1n) is 11.7. The minimum absolute atomic E-state index is 0.215. The number of methoxy groups -OCH3 is 1. The molecule has 7 heteroatoms. The number of nitrogens with one attached hydrogen (secondary N) is 1. The number of aryl methyl sites for hydroxylation is 1. The van der Waals surface area contributed by atoms with Crippen LogP contribution in [0.4, 0.5) is 11.4 Å². The number of ether oxygens (including phenoxy) is 2. The van der Waals surface area contributed by atoms with Gasteiger partial charge in [-0.15, -0.1) is 0 Å². The van der Waals surface area contributed by atoms with Crippen LogP contribution in [0.15, 0.2) is 65.6 Å². The van der Waals surface area contributed by atoms with Gasteiger partial charge in [0.05, 0.1) is 31.5 Å². The molecular formula is C28H35N3O3S. The van der Waals surface area contributed by atoms with E-state index in [4.69, 9.17) is 15.2 Å². The van der Waals surface area contributed by atoms with Crippen molar-refractivity contribution in [1.82, 2.24) is 4.31 Å². The van der Waals surface area contributed by atoms with Gasteiger partial charge in [-0.3, -0.25) is 4.79 Å². The molecule has 0 aliphatic heterocycles. The number of carbonyl (C=O) groups is 1. The zero-order valence-electron chi connectivity index (χ0n) is 21.1. The van der Waals surface area contributed by atoms with Gasteiger partial charge in [-0.2, -0.15) is 0 Å². The molecule has 186 valence electrons. The van der Waals surface area contributed by atoms with Gasteiger partial charge in [-0.25, -0.2) is 4.31 Å². The first-order chi connectivity index (χ1) is 16.9. The fourth-order valence-corrected chi connectivity index (χ4v) is 4.96. The number of benzene rings is 3. The third-order valence-corrected chi connectivity index (χ3v) is 6.80. The molecule has 35 heavy (non-hydrogen) atoms. The highest BCUT2D eigenvalue weighted by Crippen LogP contribution is 2.38. The monoisotopic (exact) mass is 493 g/mol. The molecule has 0 saturated carbocycles. The van der Waals surface area contributed by atoms with E-state index in [0.717, 1.165) is 23.4 Å². The summed E-state index contributed by atoms with van der Waals surface area (Å²) in [6, 6.07) is 20.6. The number of carbonyl (C=O) groups excluding carboxylic acids is 1. The summed E-state index contributed by atoms with van der Waals surface area (Å²) in [7, 11) is 5.51. The average Bonchev–Trinajstić information content (AvgIpc) is 2.84. The highest BCUT2D eigenvalue weighted by atomic mass is 32.2. The van der Waals surface area contributed by atoms with Gasteiger partial charge < -0.3 is 20.5 Å². The Morgan fingerprint density at radius 3 is 2.51 bits per heavy atom. The highest BCUT2D eigenvalue weighted by Gasteiger charge is 2.23. The van der Waals surface area contributed by atoms with Gasteiger partial charge >= 0.3 is 5.97 Å². The number of nitrogens with zero attached hydrogens (tertiary/aromatic N) is 1. The van der Waals surface area contributed by atoms with Crippen molar-refractivity contribution in [2.45, 2.75) is 37.6 Å². The molecule has 0 amide bonds. The lowest BCUT2D eigenvalue weighted by molar-refractivity contribution is -0.143. The molecule has 0 spiro atoms. The Labute approximate surface area is 212 Å². The third-order valence-electron chi connectivity index (χ3n) is 5.88. The van der Waals surface area contributed by atoms with E-state index in [0.29, 0.717) is 18.0 Å². The minimum atomic E-state index is -0.244. The van der Waals surface area contributed by atoms with Crippen molar-refractivity contribution in [1.29, 1.82) is 0 Å². The summed E-state index contributed by atoms with van der Waals surface area (Å²) < 4.78 is 13.1. The zero-order valence-corrected chi connectivity index (χ0v) is 21.9. The molecular weight excluding hydrogens is 458 g/mol. The first kappa shape index (κ1) is 26.4. The van der Waals surface area contributed by atoms with E-state index >= 15 is 0 Å². The summed E-state index contributed by atoms with van der Waals surface area (Å²) in [5.41, 5.74) is 12.0. The standard InChI is InChI=1S/C28H35N3O3S/c1-6-34-27(32)17-24(21-15-25(29)28(30-3)26(16-21)33-5)20-13-12-19(2)22(14-20)18-31(4)35-23-10-8-7-9-11-23/h7-16,24,30H,6,17-18,29H2,1-5H3. The molecule has 3 rings (SSSR count). The summed E-state index contributed by atoms with van der Waals surface area (Å²) in [5, 5.41) is 3.09. The predicted molar refractivity (Wildman–Crippen MR) is 145 cm³/mol. The summed E-state index contributed by atoms with van der Waals surface area (Å²) in [5.74, 6) is 0.178. The first-order valence-corrected chi connectivity index (χ1v) is 12.5. The van der Waals surface area contributed by atoms with Crippen LogP contribution >= 0.6 is 11.9 Å². The summed E-state index contributed by atoms with van der Waals surface area (Å²) in [4.78, 5) is 13.8. The Kier molecular flexibility index (Phi) is 9.46. The molecule has 0 aromatic heterocycles. The van der Waals surface area contributed by atoms with Gasteiger partial charge in [-0.1, -0.05) is 36.4 Å². The average molecular weight is 494 g/mol. The van der Waals surface area contributed by atoms with Crippen LogP contribution in [0.25, 0.3) is 0 Å². The van der Waals surface area contributed by atoms with Crippen LogP contribution in [0, 0.1) is 6.92 Å². The molecule has 6 nitrogen and oxygen atoms in total. The Balaban J connectivity index is 1.96. The quantitative estimate of drug-likeness (QED) is 0.197. The molecule has 0 fully saturated rings. The second kappa shape index (κ2) is 12.5. The van der Waals surface area contributed by atoms with Crippen LogP contribution in [0.1, 0.15) is 41.5 Å². The SMILES string of the molecule is CCOC(=O)CC(c1ccc(C)c(CN(C)Sc2ccccc2)c1)c1cc(N)c(NC)c(OC)c1. The van der Waals surface area contributed by atoms with Crippen LogP contribution in [0.3, 0.4) is 0 Å². The van der Waals surface area contributed by atoms with E-state index in [-0.39, 0.29) is 18.3 Å².